The molecule has 1 aliphatic rings. The van der Waals surface area contributed by atoms with Gasteiger partial charge in [-0.3, -0.25) is 0 Å². The third-order valence-corrected chi connectivity index (χ3v) is 3.69. The van der Waals surface area contributed by atoms with Gasteiger partial charge in [-0.25, -0.2) is 0 Å². The minimum absolute atomic E-state index is 0.132. The lowest BCUT2D eigenvalue weighted by Crippen LogP contribution is -2.30. The summed E-state index contributed by atoms with van der Waals surface area (Å²) in [5.74, 6) is 0.973. The standard InChI is InChI=1S/C14H26N2/c1-14(2,12-15)9-4-5-10-16(3)11-13-7-6-8-13/h13H,4-11H2,1-3H3. The van der Waals surface area contributed by atoms with E-state index in [9.17, 15) is 0 Å². The second-order valence-corrected chi connectivity index (χ2v) is 6.01. The summed E-state index contributed by atoms with van der Waals surface area (Å²) in [5, 5.41) is 8.90. The van der Waals surface area contributed by atoms with Crippen LogP contribution in [0.5, 0.6) is 0 Å². The first kappa shape index (κ1) is 13.5. The highest BCUT2D eigenvalue weighted by Crippen LogP contribution is 2.27. The van der Waals surface area contributed by atoms with E-state index in [1.807, 2.05) is 13.8 Å². The smallest absolute Gasteiger partial charge is 0.0683 e. The molecule has 0 radical (unpaired) electrons. The van der Waals surface area contributed by atoms with Gasteiger partial charge in [-0.15, -0.1) is 0 Å². The molecule has 0 N–H and O–H groups in total. The lowest BCUT2D eigenvalue weighted by atomic mass is 9.85. The van der Waals surface area contributed by atoms with Crippen molar-refractivity contribution in [3.05, 3.63) is 0 Å². The highest BCUT2D eigenvalue weighted by Gasteiger charge is 2.19. The number of rotatable bonds is 7. The highest BCUT2D eigenvalue weighted by atomic mass is 15.1. The maximum Gasteiger partial charge on any atom is 0.0683 e. The lowest BCUT2D eigenvalue weighted by Gasteiger charge is -2.30. The molecule has 1 fully saturated rings. The van der Waals surface area contributed by atoms with E-state index >= 15 is 0 Å². The topological polar surface area (TPSA) is 27.0 Å². The van der Waals surface area contributed by atoms with E-state index in [1.165, 1.54) is 45.2 Å². The Morgan fingerprint density at radius 2 is 2.00 bits per heavy atom. The number of hydrogen-bond acceptors (Lipinski definition) is 2. The van der Waals surface area contributed by atoms with Crippen LogP contribution >= 0.6 is 0 Å². The Kier molecular flexibility index (Phi) is 5.28. The third-order valence-electron chi connectivity index (χ3n) is 3.69. The Bertz CT molecular complexity index is 236. The fraction of sp³-hybridized carbons (Fsp3) is 0.929. The van der Waals surface area contributed by atoms with Crippen LogP contribution in [0.4, 0.5) is 0 Å². The van der Waals surface area contributed by atoms with E-state index in [2.05, 4.69) is 18.0 Å². The highest BCUT2D eigenvalue weighted by molar-refractivity contribution is 4.91. The van der Waals surface area contributed by atoms with Gasteiger partial charge in [0, 0.05) is 6.54 Å². The molecule has 0 saturated heterocycles. The first-order valence-corrected chi connectivity index (χ1v) is 6.63. The third kappa shape index (κ3) is 4.99. The molecule has 2 heteroatoms. The number of unbranched alkanes of at least 4 members (excludes halogenated alkanes) is 1. The van der Waals surface area contributed by atoms with E-state index < -0.39 is 0 Å². The van der Waals surface area contributed by atoms with Gasteiger partial charge in [-0.1, -0.05) is 12.8 Å². The predicted octanol–water partition coefficient (Wildman–Crippen LogP) is 3.44. The van der Waals surface area contributed by atoms with Gasteiger partial charge >= 0.3 is 0 Å². The molecule has 0 atom stereocenters. The second kappa shape index (κ2) is 6.25. The minimum atomic E-state index is -0.132. The van der Waals surface area contributed by atoms with E-state index in [0.29, 0.717) is 0 Å². The quantitative estimate of drug-likeness (QED) is 0.617. The summed E-state index contributed by atoms with van der Waals surface area (Å²) in [7, 11) is 2.23. The van der Waals surface area contributed by atoms with Crippen LogP contribution in [0, 0.1) is 22.7 Å². The molecular weight excluding hydrogens is 196 g/mol. The Balaban J connectivity index is 2.00. The molecule has 0 aliphatic heterocycles. The number of nitrogens with zero attached hydrogens (tertiary/aromatic N) is 2. The Hall–Kier alpha value is -0.550. The van der Waals surface area contributed by atoms with Crippen molar-refractivity contribution >= 4 is 0 Å². The Labute approximate surface area is 101 Å². The van der Waals surface area contributed by atoms with Crippen molar-refractivity contribution in [2.45, 2.75) is 52.4 Å². The normalized spacial score (nSPS) is 17.2. The monoisotopic (exact) mass is 222 g/mol. The first-order valence-electron chi connectivity index (χ1n) is 6.63. The molecule has 0 heterocycles. The zero-order valence-electron chi connectivity index (χ0n) is 11.1. The van der Waals surface area contributed by atoms with Crippen LogP contribution in [0.3, 0.4) is 0 Å². The maximum absolute atomic E-state index is 8.90. The molecule has 0 amide bonds. The number of hydrogen-bond donors (Lipinski definition) is 0. The molecule has 92 valence electrons. The fourth-order valence-corrected chi connectivity index (χ4v) is 2.21. The summed E-state index contributed by atoms with van der Waals surface area (Å²) < 4.78 is 0. The Morgan fingerprint density at radius 1 is 1.31 bits per heavy atom. The fourth-order valence-electron chi connectivity index (χ4n) is 2.21. The molecular formula is C14H26N2. The Morgan fingerprint density at radius 3 is 2.50 bits per heavy atom. The molecule has 1 rings (SSSR count). The molecule has 0 unspecified atom stereocenters. The van der Waals surface area contributed by atoms with Gasteiger partial charge in [0.1, 0.15) is 0 Å². The van der Waals surface area contributed by atoms with Crippen LogP contribution in [0.1, 0.15) is 52.4 Å². The van der Waals surface area contributed by atoms with Crippen molar-refractivity contribution in [1.82, 2.24) is 4.90 Å². The predicted molar refractivity (Wildman–Crippen MR) is 68.1 cm³/mol. The van der Waals surface area contributed by atoms with Crippen LogP contribution in [0.15, 0.2) is 0 Å². The molecule has 2 nitrogen and oxygen atoms in total. The molecule has 0 aromatic rings. The van der Waals surface area contributed by atoms with Crippen LogP contribution in [-0.2, 0) is 0 Å². The van der Waals surface area contributed by atoms with Gasteiger partial charge in [-0.2, -0.15) is 5.26 Å². The molecule has 0 bridgehead atoms. The molecule has 16 heavy (non-hydrogen) atoms. The van der Waals surface area contributed by atoms with Crippen molar-refractivity contribution in [2.24, 2.45) is 11.3 Å². The van der Waals surface area contributed by atoms with E-state index in [0.717, 1.165) is 12.3 Å². The van der Waals surface area contributed by atoms with E-state index in [1.54, 1.807) is 0 Å². The number of nitriles is 1. The SMILES string of the molecule is CN(CCCCC(C)(C)C#N)CC1CCC1. The van der Waals surface area contributed by atoms with Crippen LogP contribution in [0.2, 0.25) is 0 Å². The summed E-state index contributed by atoms with van der Waals surface area (Å²) in [4.78, 5) is 2.46. The van der Waals surface area contributed by atoms with Crippen LogP contribution < -0.4 is 0 Å². The van der Waals surface area contributed by atoms with Crippen LogP contribution in [-0.4, -0.2) is 25.0 Å². The van der Waals surface area contributed by atoms with Crippen molar-refractivity contribution in [1.29, 1.82) is 5.26 Å². The van der Waals surface area contributed by atoms with E-state index in [4.69, 9.17) is 5.26 Å². The summed E-state index contributed by atoms with van der Waals surface area (Å²) in [5.41, 5.74) is -0.132. The van der Waals surface area contributed by atoms with Crippen molar-refractivity contribution < 1.29 is 0 Å². The summed E-state index contributed by atoms with van der Waals surface area (Å²) in [6, 6.07) is 2.37. The lowest BCUT2D eigenvalue weighted by molar-refractivity contribution is 0.201. The average molecular weight is 222 g/mol. The largest absolute Gasteiger partial charge is 0.306 e. The van der Waals surface area contributed by atoms with E-state index in [-0.39, 0.29) is 5.41 Å². The van der Waals surface area contributed by atoms with Gasteiger partial charge in [0.2, 0.25) is 0 Å². The molecule has 1 aliphatic carbocycles. The molecule has 0 spiro atoms. The van der Waals surface area contributed by atoms with Crippen molar-refractivity contribution in [2.75, 3.05) is 20.1 Å². The summed E-state index contributed by atoms with van der Waals surface area (Å²) in [6.45, 7) is 6.54. The second-order valence-electron chi connectivity index (χ2n) is 6.01. The molecule has 0 aromatic heterocycles. The van der Waals surface area contributed by atoms with Crippen LogP contribution in [0.25, 0.3) is 0 Å². The van der Waals surface area contributed by atoms with Gasteiger partial charge in [-0.05, 0) is 59.0 Å². The van der Waals surface area contributed by atoms with Gasteiger partial charge in [0.05, 0.1) is 11.5 Å². The van der Waals surface area contributed by atoms with Crippen molar-refractivity contribution in [3.63, 3.8) is 0 Å². The summed E-state index contributed by atoms with van der Waals surface area (Å²) >= 11 is 0. The van der Waals surface area contributed by atoms with Gasteiger partial charge < -0.3 is 4.90 Å². The van der Waals surface area contributed by atoms with Gasteiger partial charge in [0.25, 0.3) is 0 Å². The molecule has 0 aromatic carbocycles. The summed E-state index contributed by atoms with van der Waals surface area (Å²) in [6.07, 6.45) is 7.75. The maximum atomic E-state index is 8.90. The zero-order valence-corrected chi connectivity index (χ0v) is 11.1. The average Bonchev–Trinajstić information content (AvgIpc) is 2.19. The first-order chi connectivity index (χ1) is 7.53. The van der Waals surface area contributed by atoms with Gasteiger partial charge in [0.15, 0.2) is 0 Å². The molecule has 1 saturated carbocycles. The van der Waals surface area contributed by atoms with Crippen molar-refractivity contribution in [3.8, 4) is 6.07 Å². The zero-order chi connectivity index (χ0) is 12.0. The minimum Gasteiger partial charge on any atom is -0.306 e.